The molecule has 0 aliphatic rings. The van der Waals surface area contributed by atoms with Gasteiger partial charge in [0.15, 0.2) is 11.5 Å². The van der Waals surface area contributed by atoms with Crippen molar-refractivity contribution < 1.29 is 84.3 Å². The van der Waals surface area contributed by atoms with E-state index in [1.165, 1.54) is 18.2 Å². The van der Waals surface area contributed by atoms with E-state index in [0.29, 0.717) is 0 Å². The second-order valence-corrected chi connectivity index (χ2v) is 5.88. The van der Waals surface area contributed by atoms with Gasteiger partial charge in [0.05, 0.1) is 25.4 Å². The Labute approximate surface area is 195 Å². The molecule has 12 heteroatoms. The van der Waals surface area contributed by atoms with Crippen LogP contribution in [0.15, 0.2) is 30.0 Å². The maximum absolute atomic E-state index is 11.6. The normalized spacial score (nSPS) is 14.6. The molecule has 0 aliphatic heterocycles. The maximum atomic E-state index is 11.6. The molecule has 1 aromatic rings. The van der Waals surface area contributed by atoms with Crippen LogP contribution in [0.25, 0.3) is 5.76 Å². The molecule has 1 aromatic carbocycles. The van der Waals surface area contributed by atoms with Crippen molar-refractivity contribution in [3.8, 4) is 5.75 Å². The van der Waals surface area contributed by atoms with Crippen LogP contribution in [0.4, 0.5) is 0 Å². The summed E-state index contributed by atoms with van der Waals surface area (Å²) in [5.74, 6) is -3.04. The number of aliphatic hydroxyl groups excluding tert-OH is 6. The van der Waals surface area contributed by atoms with Gasteiger partial charge in [0, 0.05) is 0 Å². The molecular weight excluding hydrogens is 415 g/mol. The summed E-state index contributed by atoms with van der Waals surface area (Å²) in [7, 11) is 0. The third-order valence-corrected chi connectivity index (χ3v) is 3.43. The van der Waals surface area contributed by atoms with E-state index in [0.717, 1.165) is 0 Å². The molecule has 0 aliphatic carbocycles. The molecule has 0 heterocycles. The molecule has 0 fully saturated rings. The van der Waals surface area contributed by atoms with E-state index in [-0.39, 0.29) is 47.5 Å². The van der Waals surface area contributed by atoms with Crippen LogP contribution in [0.3, 0.4) is 0 Å². The zero-order valence-electron chi connectivity index (χ0n) is 16.5. The van der Waals surface area contributed by atoms with Gasteiger partial charge in [0.2, 0.25) is 0 Å². The van der Waals surface area contributed by atoms with Gasteiger partial charge < -0.3 is 54.8 Å². The number of carbonyl (C=O) groups excluding carboxylic acids is 1. The standard InChI is InChI=1S/C18H26O11.Na/c19-5-11(22)8-27-15-4-2-1-3-14(15)16(28-9-12(23)6-20)17(18(25)26)29-10-13(24)7-21;/h1-4,11-13,19-24H,5-10H2,(H,25,26);/q;+1/p-1. The van der Waals surface area contributed by atoms with Gasteiger partial charge in [-0.05, 0) is 12.1 Å². The minimum Gasteiger partial charge on any atom is -0.541 e. The fraction of sp³-hybridized carbons (Fsp3) is 0.500. The van der Waals surface area contributed by atoms with Crippen LogP contribution in [0, 0.1) is 0 Å². The average Bonchev–Trinajstić information content (AvgIpc) is 2.73. The summed E-state index contributed by atoms with van der Waals surface area (Å²) in [6, 6.07) is 5.90. The molecule has 6 N–H and O–H groups in total. The monoisotopic (exact) mass is 440 g/mol. The van der Waals surface area contributed by atoms with Crippen molar-refractivity contribution in [3.63, 3.8) is 0 Å². The first-order valence-electron chi connectivity index (χ1n) is 8.64. The SMILES string of the molecule is O=C([O-])C(OCC(O)CO)=C(OCC(O)CO)c1ccccc1OCC(O)CO.[Na+]. The molecule has 1 rings (SSSR count). The number of ether oxygens (including phenoxy) is 3. The third-order valence-electron chi connectivity index (χ3n) is 3.43. The molecule has 0 amide bonds. The van der Waals surface area contributed by atoms with Crippen LogP contribution in [0.2, 0.25) is 0 Å². The van der Waals surface area contributed by atoms with E-state index in [9.17, 15) is 25.2 Å². The van der Waals surface area contributed by atoms with Gasteiger partial charge in [0.25, 0.3) is 0 Å². The van der Waals surface area contributed by atoms with Crippen LogP contribution in [0.5, 0.6) is 5.75 Å². The van der Waals surface area contributed by atoms with Crippen LogP contribution in [-0.2, 0) is 14.3 Å². The largest absolute Gasteiger partial charge is 1.00 e. The molecule has 164 valence electrons. The van der Waals surface area contributed by atoms with Crippen molar-refractivity contribution >= 4 is 11.7 Å². The minimum atomic E-state index is -1.81. The van der Waals surface area contributed by atoms with Crippen molar-refractivity contribution in [1.29, 1.82) is 0 Å². The first-order chi connectivity index (χ1) is 13.8. The Hall–Kier alpha value is -1.41. The van der Waals surface area contributed by atoms with E-state index in [1.807, 2.05) is 0 Å². The number of aliphatic carboxylic acids is 1. The molecule has 0 saturated carbocycles. The second-order valence-electron chi connectivity index (χ2n) is 5.88. The van der Waals surface area contributed by atoms with Crippen molar-refractivity contribution in [2.24, 2.45) is 0 Å². The number of hydrogen-bond acceptors (Lipinski definition) is 11. The topological polar surface area (TPSA) is 189 Å². The first-order valence-corrected chi connectivity index (χ1v) is 8.64. The molecule has 0 radical (unpaired) electrons. The summed E-state index contributed by atoms with van der Waals surface area (Å²) in [6.45, 7) is -3.32. The van der Waals surface area contributed by atoms with Gasteiger partial charge in [-0.2, -0.15) is 0 Å². The number of para-hydroxylation sites is 1. The van der Waals surface area contributed by atoms with E-state index < -0.39 is 68.8 Å². The van der Waals surface area contributed by atoms with Crippen LogP contribution in [0.1, 0.15) is 5.56 Å². The Kier molecular flexibility index (Phi) is 14.7. The van der Waals surface area contributed by atoms with Gasteiger partial charge in [-0.15, -0.1) is 0 Å². The van der Waals surface area contributed by atoms with Gasteiger partial charge in [0.1, 0.15) is 49.9 Å². The van der Waals surface area contributed by atoms with E-state index in [1.54, 1.807) is 6.07 Å². The number of aliphatic hydroxyl groups is 6. The fourth-order valence-corrected chi connectivity index (χ4v) is 1.97. The molecule has 11 nitrogen and oxygen atoms in total. The zero-order chi connectivity index (χ0) is 21.8. The average molecular weight is 440 g/mol. The maximum Gasteiger partial charge on any atom is 1.00 e. The van der Waals surface area contributed by atoms with Crippen LogP contribution in [-0.4, -0.2) is 94.6 Å². The molecule has 30 heavy (non-hydrogen) atoms. The molecular formula is C18H25NaO11. The summed E-state index contributed by atoms with van der Waals surface area (Å²) in [6.07, 6.45) is -3.90. The van der Waals surface area contributed by atoms with Gasteiger partial charge in [-0.25, -0.2) is 0 Å². The number of benzene rings is 1. The van der Waals surface area contributed by atoms with Crippen molar-refractivity contribution in [3.05, 3.63) is 35.6 Å². The molecule has 0 spiro atoms. The Bertz CT molecular complexity index is 667. The van der Waals surface area contributed by atoms with Gasteiger partial charge in [-0.3, -0.25) is 0 Å². The molecule has 3 atom stereocenters. The molecule has 0 saturated heterocycles. The summed E-state index contributed by atoms with van der Waals surface area (Å²) in [4.78, 5) is 11.6. The Morgan fingerprint density at radius 1 is 0.867 bits per heavy atom. The fourth-order valence-electron chi connectivity index (χ4n) is 1.97. The van der Waals surface area contributed by atoms with Gasteiger partial charge in [-0.1, -0.05) is 12.1 Å². The number of hydrogen-bond donors (Lipinski definition) is 6. The Morgan fingerprint density at radius 2 is 1.37 bits per heavy atom. The summed E-state index contributed by atoms with van der Waals surface area (Å²) >= 11 is 0. The summed E-state index contributed by atoms with van der Waals surface area (Å²) in [5, 5.41) is 66.8. The van der Waals surface area contributed by atoms with Crippen molar-refractivity contribution in [1.82, 2.24) is 0 Å². The number of carbonyl (C=O) groups is 1. The van der Waals surface area contributed by atoms with Crippen LogP contribution >= 0.6 is 0 Å². The molecule has 3 unspecified atom stereocenters. The Morgan fingerprint density at radius 3 is 1.90 bits per heavy atom. The smallest absolute Gasteiger partial charge is 0.541 e. The predicted octanol–water partition coefficient (Wildman–Crippen LogP) is -6.42. The zero-order valence-corrected chi connectivity index (χ0v) is 18.5. The molecule has 0 aromatic heterocycles. The third kappa shape index (κ3) is 9.60. The summed E-state index contributed by atoms with van der Waals surface area (Å²) < 4.78 is 15.8. The van der Waals surface area contributed by atoms with Crippen LogP contribution < -0.4 is 39.4 Å². The predicted molar refractivity (Wildman–Crippen MR) is 95.0 cm³/mol. The quantitative estimate of drug-likeness (QED) is 0.0917. The minimum absolute atomic E-state index is 0. The van der Waals surface area contributed by atoms with E-state index in [4.69, 9.17) is 29.5 Å². The van der Waals surface area contributed by atoms with Gasteiger partial charge >= 0.3 is 29.6 Å². The first kappa shape index (κ1) is 28.6. The van der Waals surface area contributed by atoms with Crippen molar-refractivity contribution in [2.75, 3.05) is 39.6 Å². The second kappa shape index (κ2) is 15.4. The molecule has 0 bridgehead atoms. The van der Waals surface area contributed by atoms with E-state index in [2.05, 4.69) is 0 Å². The van der Waals surface area contributed by atoms with E-state index >= 15 is 0 Å². The number of carboxylic acids is 1. The Balaban J connectivity index is 0.00000841. The van der Waals surface area contributed by atoms with Crippen molar-refractivity contribution in [2.45, 2.75) is 18.3 Å². The summed E-state index contributed by atoms with van der Waals surface area (Å²) in [5.41, 5.74) is 0.0421. The number of rotatable bonds is 14. The number of carboxylic acid groups (broad SMARTS) is 1.